The van der Waals surface area contributed by atoms with Crippen molar-refractivity contribution >= 4 is 45.2 Å². The zero-order chi connectivity index (χ0) is 9.78. The topological polar surface area (TPSA) is 0 Å². The Bertz CT molecular complexity index is 121. The largest absolute Gasteiger partial charge is 0.0852 e. The Labute approximate surface area is 105 Å². The van der Waals surface area contributed by atoms with Gasteiger partial charge in [0.05, 0.1) is 0 Å². The molecule has 0 spiro atoms. The maximum Gasteiger partial charge on any atom is 0.0230 e. The minimum Gasteiger partial charge on any atom is -0.0852 e. The van der Waals surface area contributed by atoms with Crippen LogP contribution in [0, 0.1) is 11.3 Å². The maximum atomic E-state index is 2.59. The van der Waals surface area contributed by atoms with E-state index < -0.39 is 0 Å². The molecule has 0 aromatic heterocycles. The van der Waals surface area contributed by atoms with E-state index in [0.29, 0.717) is 5.41 Å². The van der Waals surface area contributed by atoms with Crippen LogP contribution in [0.5, 0.6) is 0 Å². The molecule has 0 heterocycles. The first-order valence-electron chi connectivity index (χ1n) is 4.65. The lowest BCUT2D eigenvalue weighted by atomic mass is 9.75. The molecule has 0 bridgehead atoms. The second-order valence-corrected chi connectivity index (χ2v) is 6.68. The molecule has 2 heteroatoms. The van der Waals surface area contributed by atoms with Gasteiger partial charge in [0.25, 0.3) is 0 Å². The number of hydrogen-bond acceptors (Lipinski definition) is 0. The molecule has 0 aromatic carbocycles. The van der Waals surface area contributed by atoms with Gasteiger partial charge in [-0.1, -0.05) is 79.3 Å². The minimum atomic E-state index is 0.520. The number of alkyl halides is 2. The number of halogens is 2. The van der Waals surface area contributed by atoms with E-state index in [1.54, 1.807) is 0 Å². The summed E-state index contributed by atoms with van der Waals surface area (Å²) in [5.41, 5.74) is 0.520. The Morgan fingerprint density at radius 1 is 1.33 bits per heavy atom. The van der Waals surface area contributed by atoms with E-state index in [2.05, 4.69) is 72.9 Å². The lowest BCUT2D eigenvalue weighted by Gasteiger charge is -2.34. The average molecular weight is 394 g/mol. The molecule has 0 nitrogen and oxygen atoms in total. The van der Waals surface area contributed by atoms with Gasteiger partial charge in [-0.05, 0) is 17.8 Å². The zero-order valence-electron chi connectivity index (χ0n) is 8.53. The van der Waals surface area contributed by atoms with Crippen molar-refractivity contribution in [1.29, 1.82) is 0 Å². The summed E-state index contributed by atoms with van der Waals surface area (Å²) < 4.78 is 2.09. The molecule has 0 fully saturated rings. The van der Waals surface area contributed by atoms with Crippen molar-refractivity contribution in [1.82, 2.24) is 0 Å². The highest BCUT2D eigenvalue weighted by Crippen LogP contribution is 2.37. The van der Waals surface area contributed by atoms with Gasteiger partial charge in [0, 0.05) is 8.35 Å². The van der Waals surface area contributed by atoms with Gasteiger partial charge >= 0.3 is 0 Å². The monoisotopic (exact) mass is 394 g/mol. The Morgan fingerprint density at radius 2 is 1.83 bits per heavy atom. The third kappa shape index (κ3) is 4.11. The normalized spacial score (nSPS) is 17.5. The molecule has 2 atom stereocenters. The molecule has 0 rings (SSSR count). The summed E-state index contributed by atoms with van der Waals surface area (Å²) in [7, 11) is 0. The first kappa shape index (κ1) is 13.5. The summed E-state index contributed by atoms with van der Waals surface area (Å²) >= 11 is 5.08. The third-order valence-electron chi connectivity index (χ3n) is 2.82. The molecule has 74 valence electrons. The maximum absolute atomic E-state index is 2.59. The predicted octanol–water partition coefficient (Wildman–Crippen LogP) is 4.69. The molecule has 0 amide bonds. The summed E-state index contributed by atoms with van der Waals surface area (Å²) in [5.74, 6) is 0.829. The zero-order valence-corrected chi connectivity index (χ0v) is 12.8. The average Bonchev–Trinajstić information content (AvgIpc) is 2.01. The van der Waals surface area contributed by atoms with Gasteiger partial charge in [-0.2, -0.15) is 0 Å². The van der Waals surface area contributed by atoms with E-state index in [9.17, 15) is 0 Å². The van der Waals surface area contributed by atoms with Crippen LogP contribution in [-0.4, -0.2) is 8.35 Å². The Hall–Kier alpha value is 1.46. The molecule has 0 aromatic rings. The highest BCUT2D eigenvalue weighted by atomic mass is 127. The highest BCUT2D eigenvalue weighted by Gasteiger charge is 2.29. The lowest BCUT2D eigenvalue weighted by molar-refractivity contribution is 0.215. The Morgan fingerprint density at radius 3 is 2.17 bits per heavy atom. The van der Waals surface area contributed by atoms with Crippen molar-refractivity contribution in [3.05, 3.63) is 0 Å². The predicted molar refractivity (Wildman–Crippen MR) is 74.5 cm³/mol. The van der Waals surface area contributed by atoms with Crippen molar-refractivity contribution in [3.8, 4) is 0 Å². The lowest BCUT2D eigenvalue weighted by Crippen LogP contribution is -2.29. The third-order valence-corrected chi connectivity index (χ3v) is 6.97. The van der Waals surface area contributed by atoms with Crippen molar-refractivity contribution in [2.75, 3.05) is 4.43 Å². The Balaban J connectivity index is 4.13. The van der Waals surface area contributed by atoms with E-state index in [0.717, 1.165) is 9.84 Å². The van der Waals surface area contributed by atoms with Crippen LogP contribution in [0.4, 0.5) is 0 Å². The fourth-order valence-electron chi connectivity index (χ4n) is 1.50. The van der Waals surface area contributed by atoms with Crippen LogP contribution in [0.15, 0.2) is 0 Å². The van der Waals surface area contributed by atoms with Gasteiger partial charge in [-0.25, -0.2) is 0 Å². The summed E-state index contributed by atoms with van der Waals surface area (Å²) in [5, 5.41) is 0. The molecule has 0 aliphatic rings. The van der Waals surface area contributed by atoms with Gasteiger partial charge < -0.3 is 0 Å². The molecule has 0 N–H and O–H groups in total. The molecule has 2 unspecified atom stereocenters. The summed E-state index contributed by atoms with van der Waals surface area (Å²) in [6, 6.07) is 0. The molecule has 0 aliphatic carbocycles. The summed E-state index contributed by atoms with van der Waals surface area (Å²) in [4.78, 5) is 0. The standard InChI is InChI=1S/C10H20I2/c1-5-6-10(3,4)8(2)9(12)7-11/h8-9H,5-7H2,1-4H3. The number of hydrogen-bond donors (Lipinski definition) is 0. The first-order chi connectivity index (χ1) is 5.45. The quantitative estimate of drug-likeness (QED) is 0.469. The van der Waals surface area contributed by atoms with E-state index in [1.165, 1.54) is 17.3 Å². The van der Waals surface area contributed by atoms with Crippen molar-refractivity contribution in [2.24, 2.45) is 11.3 Å². The molecule has 0 radical (unpaired) electrons. The van der Waals surface area contributed by atoms with E-state index in [4.69, 9.17) is 0 Å². The second kappa shape index (κ2) is 6.04. The van der Waals surface area contributed by atoms with E-state index >= 15 is 0 Å². The van der Waals surface area contributed by atoms with Crippen LogP contribution in [0.3, 0.4) is 0 Å². The highest BCUT2D eigenvalue weighted by molar-refractivity contribution is 14.1. The van der Waals surface area contributed by atoms with Gasteiger partial charge in [-0.3, -0.25) is 0 Å². The molecular formula is C10H20I2. The fourth-order valence-corrected chi connectivity index (χ4v) is 3.23. The summed E-state index contributed by atoms with van der Waals surface area (Å²) in [6.07, 6.45) is 2.66. The Kier molecular flexibility index (Phi) is 6.77. The summed E-state index contributed by atoms with van der Waals surface area (Å²) in [6.45, 7) is 9.48. The van der Waals surface area contributed by atoms with Gasteiger partial charge in [0.1, 0.15) is 0 Å². The smallest absolute Gasteiger partial charge is 0.0230 e. The van der Waals surface area contributed by atoms with E-state index in [-0.39, 0.29) is 0 Å². The fraction of sp³-hybridized carbons (Fsp3) is 1.00. The van der Waals surface area contributed by atoms with Crippen LogP contribution < -0.4 is 0 Å². The molecule has 12 heavy (non-hydrogen) atoms. The van der Waals surface area contributed by atoms with Crippen molar-refractivity contribution in [3.63, 3.8) is 0 Å². The van der Waals surface area contributed by atoms with Crippen molar-refractivity contribution in [2.45, 2.75) is 44.5 Å². The molecule has 0 saturated heterocycles. The molecule has 0 saturated carbocycles. The second-order valence-electron chi connectivity index (χ2n) is 4.20. The van der Waals surface area contributed by atoms with Crippen LogP contribution in [0.2, 0.25) is 0 Å². The molecular weight excluding hydrogens is 374 g/mol. The van der Waals surface area contributed by atoms with Crippen LogP contribution in [0.25, 0.3) is 0 Å². The molecule has 0 aliphatic heterocycles. The minimum absolute atomic E-state index is 0.520. The van der Waals surface area contributed by atoms with Crippen molar-refractivity contribution < 1.29 is 0 Å². The van der Waals surface area contributed by atoms with Crippen LogP contribution >= 0.6 is 45.2 Å². The van der Waals surface area contributed by atoms with Gasteiger partial charge in [0.15, 0.2) is 0 Å². The van der Waals surface area contributed by atoms with Crippen LogP contribution in [0.1, 0.15) is 40.5 Å². The van der Waals surface area contributed by atoms with E-state index in [1.807, 2.05) is 0 Å². The van der Waals surface area contributed by atoms with Gasteiger partial charge in [-0.15, -0.1) is 0 Å². The number of rotatable bonds is 5. The first-order valence-corrected chi connectivity index (χ1v) is 7.42. The SMILES string of the molecule is CCCC(C)(C)C(C)C(I)CI. The van der Waals surface area contributed by atoms with Gasteiger partial charge in [0.2, 0.25) is 0 Å². The van der Waals surface area contributed by atoms with Crippen LogP contribution in [-0.2, 0) is 0 Å².